The number of rotatable bonds is 3. The first-order valence-electron chi connectivity index (χ1n) is 9.91. The molecule has 1 aromatic rings. The fraction of sp³-hybridized carbons (Fsp3) is 0.476. The number of barbiturate groups is 1. The van der Waals surface area contributed by atoms with Gasteiger partial charge in [-0.1, -0.05) is 12.8 Å². The number of carbonyl (C=O) groups excluding carboxylic acids is 3. The Morgan fingerprint density at radius 2 is 1.75 bits per heavy atom. The average Bonchev–Trinajstić information content (AvgIpc) is 3.34. The minimum Gasteiger partial charge on any atom is -0.369 e. The highest BCUT2D eigenvalue weighted by Crippen LogP contribution is 2.30. The highest BCUT2D eigenvalue weighted by molar-refractivity contribution is 6.31. The molecule has 3 fully saturated rings. The lowest BCUT2D eigenvalue weighted by Crippen LogP contribution is -2.57. The number of amides is 4. The van der Waals surface area contributed by atoms with Gasteiger partial charge in [0.2, 0.25) is 0 Å². The minimum atomic E-state index is -0.729. The molecule has 1 saturated carbocycles. The van der Waals surface area contributed by atoms with Gasteiger partial charge in [0.25, 0.3) is 11.8 Å². The highest BCUT2D eigenvalue weighted by Gasteiger charge is 2.40. The molecule has 4 rings (SSSR count). The number of nitrogens with one attached hydrogen (secondary N) is 1. The van der Waals surface area contributed by atoms with Crippen LogP contribution in [0.5, 0.6) is 0 Å². The number of aryl methyl sites for hydroxylation is 1. The highest BCUT2D eigenvalue weighted by atomic mass is 19.1. The van der Waals surface area contributed by atoms with Crippen molar-refractivity contribution in [2.75, 3.05) is 18.0 Å². The van der Waals surface area contributed by atoms with Gasteiger partial charge in [0.15, 0.2) is 0 Å². The van der Waals surface area contributed by atoms with Gasteiger partial charge in [-0.25, -0.2) is 9.18 Å². The number of urea groups is 1. The van der Waals surface area contributed by atoms with Crippen molar-refractivity contribution >= 4 is 29.6 Å². The molecule has 2 heterocycles. The fourth-order valence-corrected chi connectivity index (χ4v) is 4.36. The maximum absolute atomic E-state index is 14.7. The number of imide groups is 2. The molecule has 2 saturated heterocycles. The predicted octanol–water partition coefficient (Wildman–Crippen LogP) is 3.14. The van der Waals surface area contributed by atoms with E-state index in [2.05, 4.69) is 5.32 Å². The monoisotopic (exact) mass is 385 g/mol. The van der Waals surface area contributed by atoms with E-state index >= 15 is 0 Å². The first-order valence-corrected chi connectivity index (χ1v) is 9.91. The zero-order valence-electron chi connectivity index (χ0n) is 16.0. The van der Waals surface area contributed by atoms with Crippen LogP contribution in [-0.4, -0.2) is 41.9 Å². The van der Waals surface area contributed by atoms with Gasteiger partial charge in [-0.15, -0.1) is 0 Å². The van der Waals surface area contributed by atoms with Gasteiger partial charge in [-0.05, 0) is 61.9 Å². The standard InChI is InChI=1S/C21H24FN3O3/c1-13-10-18(24-8-4-5-9-24)17(22)12-14(13)11-16-19(26)23-21(28)25(20(16)27)15-6-2-3-7-15/h10-12,15H,2-9H2,1H3,(H,23,26,28)/b16-11+. The third kappa shape index (κ3) is 3.30. The molecule has 4 amide bonds. The van der Waals surface area contributed by atoms with E-state index in [1.807, 2.05) is 11.8 Å². The molecule has 0 unspecified atom stereocenters. The Bertz CT molecular complexity index is 868. The lowest BCUT2D eigenvalue weighted by atomic mass is 10.0. The SMILES string of the molecule is Cc1cc(N2CCCC2)c(F)cc1/C=C1\C(=O)NC(=O)N(C2CCCC2)C1=O. The van der Waals surface area contributed by atoms with Crippen LogP contribution in [0, 0.1) is 12.7 Å². The molecule has 3 aliphatic rings. The molecule has 1 aliphatic carbocycles. The van der Waals surface area contributed by atoms with Crippen molar-refractivity contribution in [3.05, 3.63) is 34.6 Å². The second kappa shape index (κ2) is 7.37. The summed E-state index contributed by atoms with van der Waals surface area (Å²) in [5.74, 6) is -1.69. The van der Waals surface area contributed by atoms with Crippen LogP contribution in [0.25, 0.3) is 6.08 Å². The third-order valence-electron chi connectivity index (χ3n) is 5.91. The summed E-state index contributed by atoms with van der Waals surface area (Å²) < 4.78 is 14.7. The summed E-state index contributed by atoms with van der Waals surface area (Å²) >= 11 is 0. The Morgan fingerprint density at radius 1 is 1.07 bits per heavy atom. The van der Waals surface area contributed by atoms with Crippen molar-refractivity contribution in [1.82, 2.24) is 10.2 Å². The molecule has 28 heavy (non-hydrogen) atoms. The fourth-order valence-electron chi connectivity index (χ4n) is 4.36. The van der Waals surface area contributed by atoms with E-state index < -0.39 is 17.8 Å². The van der Waals surface area contributed by atoms with E-state index in [4.69, 9.17) is 0 Å². The molecular formula is C21H24FN3O3. The quantitative estimate of drug-likeness (QED) is 0.641. The second-order valence-electron chi connectivity index (χ2n) is 7.79. The normalized spacial score (nSPS) is 22.5. The molecule has 0 spiro atoms. The summed E-state index contributed by atoms with van der Waals surface area (Å²) in [5.41, 5.74) is 1.68. The van der Waals surface area contributed by atoms with Gasteiger partial charge < -0.3 is 4.90 Å². The number of halogens is 1. The Hall–Kier alpha value is -2.70. The molecule has 1 N–H and O–H groups in total. The molecule has 0 atom stereocenters. The topological polar surface area (TPSA) is 69.7 Å². The van der Waals surface area contributed by atoms with Crippen LogP contribution < -0.4 is 10.2 Å². The molecule has 148 valence electrons. The van der Waals surface area contributed by atoms with Crippen molar-refractivity contribution < 1.29 is 18.8 Å². The first kappa shape index (κ1) is 18.7. The van der Waals surface area contributed by atoms with Crippen LogP contribution in [0.3, 0.4) is 0 Å². The van der Waals surface area contributed by atoms with Gasteiger partial charge >= 0.3 is 6.03 Å². The number of hydrogen-bond acceptors (Lipinski definition) is 4. The lowest BCUT2D eigenvalue weighted by Gasteiger charge is -2.31. The van der Waals surface area contributed by atoms with Crippen molar-refractivity contribution in [1.29, 1.82) is 0 Å². The van der Waals surface area contributed by atoms with Crippen molar-refractivity contribution in [3.8, 4) is 0 Å². The molecular weight excluding hydrogens is 361 g/mol. The Balaban J connectivity index is 1.66. The van der Waals surface area contributed by atoms with Gasteiger partial charge in [-0.2, -0.15) is 0 Å². The maximum atomic E-state index is 14.7. The molecule has 6 nitrogen and oxygen atoms in total. The zero-order valence-corrected chi connectivity index (χ0v) is 16.0. The number of benzene rings is 1. The lowest BCUT2D eigenvalue weighted by molar-refractivity contribution is -0.131. The van der Waals surface area contributed by atoms with Crippen molar-refractivity contribution in [2.24, 2.45) is 0 Å². The summed E-state index contributed by atoms with van der Waals surface area (Å²) in [6, 6.07) is 2.29. The first-order chi connectivity index (χ1) is 13.5. The Kier molecular flexibility index (Phi) is 4.91. The Labute approximate surface area is 163 Å². The van der Waals surface area contributed by atoms with Crippen LogP contribution in [0.2, 0.25) is 0 Å². The van der Waals surface area contributed by atoms with Crippen LogP contribution in [-0.2, 0) is 9.59 Å². The Morgan fingerprint density at radius 3 is 2.43 bits per heavy atom. The average molecular weight is 385 g/mol. The summed E-state index contributed by atoms with van der Waals surface area (Å²) in [7, 11) is 0. The molecule has 0 radical (unpaired) electrons. The molecule has 0 bridgehead atoms. The van der Waals surface area contributed by atoms with Crippen LogP contribution in [0.4, 0.5) is 14.9 Å². The molecule has 1 aromatic carbocycles. The zero-order chi connectivity index (χ0) is 19.8. The van der Waals surface area contributed by atoms with Gasteiger partial charge in [0.1, 0.15) is 11.4 Å². The van der Waals surface area contributed by atoms with Crippen LogP contribution >= 0.6 is 0 Å². The van der Waals surface area contributed by atoms with E-state index in [0.29, 0.717) is 11.3 Å². The summed E-state index contributed by atoms with van der Waals surface area (Å²) in [6.07, 6.45) is 6.90. The maximum Gasteiger partial charge on any atom is 0.331 e. The molecule has 2 aliphatic heterocycles. The van der Waals surface area contributed by atoms with E-state index in [1.165, 1.54) is 12.1 Å². The van der Waals surface area contributed by atoms with E-state index in [9.17, 15) is 18.8 Å². The van der Waals surface area contributed by atoms with Crippen LogP contribution in [0.15, 0.2) is 17.7 Å². The van der Waals surface area contributed by atoms with Gasteiger partial charge in [0, 0.05) is 19.1 Å². The van der Waals surface area contributed by atoms with E-state index in [1.54, 1.807) is 6.07 Å². The summed E-state index contributed by atoms with van der Waals surface area (Å²) in [5, 5.41) is 2.25. The molecule has 7 heteroatoms. The largest absolute Gasteiger partial charge is 0.369 e. The van der Waals surface area contributed by atoms with Crippen molar-refractivity contribution in [2.45, 2.75) is 51.5 Å². The van der Waals surface area contributed by atoms with E-state index in [0.717, 1.165) is 62.1 Å². The smallest absolute Gasteiger partial charge is 0.331 e. The third-order valence-corrected chi connectivity index (χ3v) is 5.91. The van der Waals surface area contributed by atoms with E-state index in [-0.39, 0.29) is 17.4 Å². The number of hydrogen-bond donors (Lipinski definition) is 1. The summed E-state index contributed by atoms with van der Waals surface area (Å²) in [6.45, 7) is 3.49. The van der Waals surface area contributed by atoms with Gasteiger partial charge in [0.05, 0.1) is 5.69 Å². The van der Waals surface area contributed by atoms with Gasteiger partial charge in [-0.3, -0.25) is 19.8 Å². The number of nitrogens with zero attached hydrogens (tertiary/aromatic N) is 2. The van der Waals surface area contributed by atoms with Crippen LogP contribution in [0.1, 0.15) is 49.7 Å². The van der Waals surface area contributed by atoms with Crippen molar-refractivity contribution in [3.63, 3.8) is 0 Å². The molecule has 0 aromatic heterocycles. The number of anilines is 1. The second-order valence-corrected chi connectivity index (χ2v) is 7.79. The predicted molar refractivity (Wildman–Crippen MR) is 103 cm³/mol. The number of carbonyl (C=O) groups is 3. The summed E-state index contributed by atoms with van der Waals surface area (Å²) in [4.78, 5) is 40.5. The minimum absolute atomic E-state index is 0.122.